The first kappa shape index (κ1) is 22.9. The minimum Gasteiger partial charge on any atom is -0.310 e. The van der Waals surface area contributed by atoms with E-state index in [9.17, 15) is 18.0 Å². The highest BCUT2D eigenvalue weighted by Gasteiger charge is 2.36. The molecule has 6 rings (SSSR count). The van der Waals surface area contributed by atoms with Gasteiger partial charge in [-0.15, -0.1) is 11.3 Å². The summed E-state index contributed by atoms with van der Waals surface area (Å²) in [6, 6.07) is 11.7. The predicted octanol–water partition coefficient (Wildman–Crippen LogP) is 6.08. The van der Waals surface area contributed by atoms with E-state index in [0.717, 1.165) is 59.5 Å². The van der Waals surface area contributed by atoms with Gasteiger partial charge in [0.15, 0.2) is 0 Å². The van der Waals surface area contributed by atoms with Crippen LogP contribution in [-0.2, 0) is 19.5 Å². The van der Waals surface area contributed by atoms with E-state index in [1.165, 1.54) is 22.6 Å². The lowest BCUT2D eigenvalue weighted by atomic mass is 10.0. The normalized spacial score (nSPS) is 17.2. The molecule has 36 heavy (non-hydrogen) atoms. The molecule has 0 saturated heterocycles. The molecule has 0 aliphatic carbocycles. The van der Waals surface area contributed by atoms with Gasteiger partial charge in [0.05, 0.1) is 24.0 Å². The number of fused-ring (bicyclic) bond motifs is 5. The molecular weight excluding hydrogens is 485 g/mol. The Balaban J connectivity index is 1.50. The van der Waals surface area contributed by atoms with Gasteiger partial charge in [-0.3, -0.25) is 0 Å². The van der Waals surface area contributed by atoms with Crippen molar-refractivity contribution in [2.45, 2.75) is 25.6 Å². The van der Waals surface area contributed by atoms with Crippen LogP contribution in [0.4, 0.5) is 23.7 Å². The van der Waals surface area contributed by atoms with Crippen LogP contribution in [0.15, 0.2) is 60.8 Å². The number of likely N-dealkylation sites (N-methyl/N-ethyl adjacent to an activating group) is 1. The number of nitrogens with one attached hydrogen (secondary N) is 1. The van der Waals surface area contributed by atoms with Gasteiger partial charge in [-0.05, 0) is 61.0 Å². The highest BCUT2D eigenvalue weighted by atomic mass is 32.1. The number of rotatable bonds is 2. The summed E-state index contributed by atoms with van der Waals surface area (Å²) in [6.45, 7) is 2.03. The van der Waals surface area contributed by atoms with E-state index in [-0.39, 0.29) is 18.0 Å². The van der Waals surface area contributed by atoms with Crippen molar-refractivity contribution < 1.29 is 18.0 Å². The number of carbonyl (C=O) groups excluding carboxylic acids is 1. The number of hydrogen-bond acceptors (Lipinski definition) is 3. The van der Waals surface area contributed by atoms with Gasteiger partial charge in [-0.25, -0.2) is 18.0 Å². The molecule has 0 unspecified atom stereocenters. The van der Waals surface area contributed by atoms with Gasteiger partial charge < -0.3 is 19.7 Å². The second-order valence-electron chi connectivity index (χ2n) is 9.21. The van der Waals surface area contributed by atoms with Gasteiger partial charge in [0, 0.05) is 35.8 Å². The van der Waals surface area contributed by atoms with Crippen molar-refractivity contribution in [3.63, 3.8) is 0 Å². The van der Waals surface area contributed by atoms with Crippen LogP contribution in [-0.4, -0.2) is 34.0 Å². The zero-order valence-electron chi connectivity index (χ0n) is 19.5. The smallest absolute Gasteiger partial charge is 0.310 e. The molecule has 4 aromatic rings. The summed E-state index contributed by atoms with van der Waals surface area (Å²) in [4.78, 5) is 18.9. The highest BCUT2D eigenvalue weighted by molar-refractivity contribution is 7.15. The summed E-state index contributed by atoms with van der Waals surface area (Å²) in [5.41, 5.74) is 3.62. The molecule has 0 saturated carbocycles. The van der Waals surface area contributed by atoms with Gasteiger partial charge >= 0.3 is 6.03 Å². The van der Waals surface area contributed by atoms with Crippen LogP contribution in [0, 0.1) is 17.5 Å². The first-order chi connectivity index (χ1) is 17.4. The first-order valence-corrected chi connectivity index (χ1v) is 12.5. The van der Waals surface area contributed by atoms with Crippen LogP contribution in [0.1, 0.15) is 33.3 Å². The molecule has 2 aliphatic rings. The number of hydrogen-bond donors (Lipinski definition) is 1. The average molecular weight is 509 g/mol. The number of thiophene rings is 1. The Kier molecular flexibility index (Phi) is 5.61. The Bertz CT molecular complexity index is 1460. The molecule has 2 amide bonds. The SMILES string of the molecule is CN1CCc2c(sc3c2CN(C(=O)Nc2cc(F)ccc2F)[C@@H](c2ccc(F)cc2)c2cccn2-3)C1. The van der Waals surface area contributed by atoms with Crippen molar-refractivity contribution in [2.24, 2.45) is 0 Å². The number of halogens is 3. The van der Waals surface area contributed by atoms with Crippen molar-refractivity contribution in [1.82, 2.24) is 14.4 Å². The molecule has 0 bridgehead atoms. The van der Waals surface area contributed by atoms with Crippen LogP contribution >= 0.6 is 11.3 Å². The van der Waals surface area contributed by atoms with Crippen LogP contribution in [0.2, 0.25) is 0 Å². The van der Waals surface area contributed by atoms with Crippen LogP contribution < -0.4 is 5.32 Å². The van der Waals surface area contributed by atoms with Crippen molar-refractivity contribution in [1.29, 1.82) is 0 Å². The second kappa shape index (κ2) is 8.83. The molecule has 0 fully saturated rings. The summed E-state index contributed by atoms with van der Waals surface area (Å²) in [5, 5.41) is 3.63. The minimum atomic E-state index is -0.724. The van der Waals surface area contributed by atoms with Crippen molar-refractivity contribution in [3.05, 3.63) is 106 Å². The quantitative estimate of drug-likeness (QED) is 0.357. The number of benzene rings is 2. The van der Waals surface area contributed by atoms with Crippen LogP contribution in [0.5, 0.6) is 0 Å². The monoisotopic (exact) mass is 508 g/mol. The fourth-order valence-electron chi connectivity index (χ4n) is 5.13. The Hall–Kier alpha value is -3.56. The zero-order valence-corrected chi connectivity index (χ0v) is 20.3. The maximum absolute atomic E-state index is 14.4. The molecule has 9 heteroatoms. The molecule has 2 aromatic heterocycles. The van der Waals surface area contributed by atoms with E-state index >= 15 is 0 Å². The van der Waals surface area contributed by atoms with E-state index in [1.807, 2.05) is 18.3 Å². The number of amides is 2. The lowest BCUT2D eigenvalue weighted by Crippen LogP contribution is -2.38. The Morgan fingerprint density at radius 2 is 1.78 bits per heavy atom. The van der Waals surface area contributed by atoms with Gasteiger partial charge in [0.25, 0.3) is 0 Å². The molecule has 184 valence electrons. The lowest BCUT2D eigenvalue weighted by Gasteiger charge is -2.32. The summed E-state index contributed by atoms with van der Waals surface area (Å²) in [6.07, 6.45) is 2.84. The summed E-state index contributed by atoms with van der Waals surface area (Å²) >= 11 is 1.72. The minimum absolute atomic E-state index is 0.230. The molecule has 1 N–H and O–H groups in total. The fraction of sp³-hybridized carbons (Fsp3) is 0.222. The van der Waals surface area contributed by atoms with Gasteiger partial charge in [0.1, 0.15) is 22.5 Å². The largest absolute Gasteiger partial charge is 0.323 e. The molecular formula is C27H23F3N4OS. The van der Waals surface area contributed by atoms with E-state index < -0.39 is 23.7 Å². The topological polar surface area (TPSA) is 40.5 Å². The van der Waals surface area contributed by atoms with E-state index in [2.05, 4.69) is 21.8 Å². The molecule has 5 nitrogen and oxygen atoms in total. The molecule has 4 heterocycles. The van der Waals surface area contributed by atoms with E-state index in [0.29, 0.717) is 0 Å². The number of carbonyl (C=O) groups is 1. The Labute approximate surface area is 210 Å². The van der Waals surface area contributed by atoms with Gasteiger partial charge in [-0.1, -0.05) is 12.1 Å². The van der Waals surface area contributed by atoms with Crippen LogP contribution in [0.25, 0.3) is 5.00 Å². The van der Waals surface area contributed by atoms with E-state index in [1.54, 1.807) is 28.4 Å². The third-order valence-electron chi connectivity index (χ3n) is 6.87. The molecule has 2 aliphatic heterocycles. The number of nitrogens with zero attached hydrogens (tertiary/aromatic N) is 3. The molecule has 0 spiro atoms. The molecule has 1 atom stereocenters. The summed E-state index contributed by atoms with van der Waals surface area (Å²) in [7, 11) is 2.09. The summed E-state index contributed by atoms with van der Waals surface area (Å²) in [5.74, 6) is -1.75. The maximum Gasteiger partial charge on any atom is 0.323 e. The maximum atomic E-state index is 14.4. The third kappa shape index (κ3) is 3.88. The van der Waals surface area contributed by atoms with E-state index in [4.69, 9.17) is 0 Å². The Morgan fingerprint density at radius 1 is 1.00 bits per heavy atom. The van der Waals surface area contributed by atoms with Gasteiger partial charge in [0.2, 0.25) is 0 Å². The second-order valence-corrected chi connectivity index (χ2v) is 10.3. The van der Waals surface area contributed by atoms with Crippen molar-refractivity contribution in [3.8, 4) is 5.00 Å². The average Bonchev–Trinajstić information content (AvgIpc) is 3.43. The van der Waals surface area contributed by atoms with Crippen molar-refractivity contribution >= 4 is 23.1 Å². The molecule has 0 radical (unpaired) electrons. The highest BCUT2D eigenvalue weighted by Crippen LogP contribution is 2.43. The first-order valence-electron chi connectivity index (χ1n) is 11.7. The Morgan fingerprint density at radius 3 is 2.58 bits per heavy atom. The number of anilines is 1. The zero-order chi connectivity index (χ0) is 25.0. The predicted molar refractivity (Wildman–Crippen MR) is 133 cm³/mol. The third-order valence-corrected chi connectivity index (χ3v) is 8.13. The lowest BCUT2D eigenvalue weighted by molar-refractivity contribution is 0.194. The van der Waals surface area contributed by atoms with Crippen LogP contribution in [0.3, 0.4) is 0 Å². The summed E-state index contributed by atoms with van der Waals surface area (Å²) < 4.78 is 44.2. The van der Waals surface area contributed by atoms with Gasteiger partial charge in [-0.2, -0.15) is 0 Å². The fourth-order valence-corrected chi connectivity index (χ4v) is 6.57. The van der Waals surface area contributed by atoms with Crippen molar-refractivity contribution in [2.75, 3.05) is 18.9 Å². The number of aromatic nitrogens is 1. The standard InChI is InChI=1S/C27H23F3N4OS/c1-32-12-10-19-20-14-34(27(35)31-22-13-18(29)8-9-21(22)30)25(16-4-6-17(28)7-5-16)23-3-2-11-33(23)26(20)36-24(19)15-32/h2-9,11,13,25H,10,12,14-15H2,1H3,(H,31,35)/t25-/m0/s1. The number of urea groups is 1. The molecule has 2 aromatic carbocycles.